The Morgan fingerprint density at radius 2 is 2.53 bits per heavy atom. The zero-order valence-electron chi connectivity index (χ0n) is 11.3. The molecule has 0 amide bonds. The first kappa shape index (κ1) is 14.0. The topological polar surface area (TPSA) is 24.5 Å². The van der Waals surface area contributed by atoms with Crippen molar-refractivity contribution < 1.29 is 4.74 Å². The molecule has 2 fully saturated rings. The van der Waals surface area contributed by atoms with Gasteiger partial charge in [-0.1, -0.05) is 0 Å². The van der Waals surface area contributed by atoms with Crippen molar-refractivity contribution in [2.45, 2.75) is 38.0 Å². The summed E-state index contributed by atoms with van der Waals surface area (Å²) in [6.45, 7) is 6.45. The Hall–Kier alpha value is 0.0600. The second-order valence-electron chi connectivity index (χ2n) is 5.54. The molecule has 0 spiro atoms. The van der Waals surface area contributed by atoms with E-state index in [0.717, 1.165) is 19.7 Å². The third kappa shape index (κ3) is 3.39. The summed E-state index contributed by atoms with van der Waals surface area (Å²) in [5.41, 5.74) is 0. The van der Waals surface area contributed by atoms with Crippen LogP contribution >= 0.6 is 27.3 Å². The van der Waals surface area contributed by atoms with E-state index in [-0.39, 0.29) is 0 Å². The number of morpholine rings is 1. The van der Waals surface area contributed by atoms with Gasteiger partial charge >= 0.3 is 0 Å². The lowest BCUT2D eigenvalue weighted by Crippen LogP contribution is -2.49. The van der Waals surface area contributed by atoms with Crippen molar-refractivity contribution in [3.63, 3.8) is 0 Å². The number of thiophene rings is 1. The first-order chi connectivity index (χ1) is 9.22. The first-order valence-corrected chi connectivity index (χ1v) is 8.72. The molecule has 3 atom stereocenters. The van der Waals surface area contributed by atoms with Crippen LogP contribution in [0, 0.1) is 0 Å². The van der Waals surface area contributed by atoms with E-state index >= 15 is 0 Å². The number of ether oxygens (including phenoxy) is 1. The lowest BCUT2D eigenvalue weighted by Gasteiger charge is -2.35. The molecule has 0 radical (unpaired) electrons. The summed E-state index contributed by atoms with van der Waals surface area (Å²) >= 11 is 5.31. The van der Waals surface area contributed by atoms with Gasteiger partial charge in [-0.15, -0.1) is 11.3 Å². The monoisotopic (exact) mass is 344 g/mol. The van der Waals surface area contributed by atoms with E-state index < -0.39 is 0 Å². The van der Waals surface area contributed by atoms with Gasteiger partial charge in [-0.3, -0.25) is 4.90 Å². The minimum Gasteiger partial charge on any atom is -0.374 e. The van der Waals surface area contributed by atoms with Crippen molar-refractivity contribution in [2.75, 3.05) is 26.2 Å². The molecule has 0 saturated carbocycles. The maximum atomic E-state index is 5.97. The van der Waals surface area contributed by atoms with Gasteiger partial charge in [0.25, 0.3) is 0 Å². The number of nitrogens with one attached hydrogen (secondary N) is 1. The molecule has 0 aromatic carbocycles. The highest BCUT2D eigenvalue weighted by molar-refractivity contribution is 9.10. The molecule has 3 unspecified atom stereocenters. The summed E-state index contributed by atoms with van der Waals surface area (Å²) in [5.74, 6) is 0. The molecule has 1 aromatic rings. The molecule has 19 heavy (non-hydrogen) atoms. The quantitative estimate of drug-likeness (QED) is 0.908. The number of fused-ring (bicyclic) bond motifs is 1. The van der Waals surface area contributed by atoms with Gasteiger partial charge in [0.05, 0.1) is 12.7 Å². The van der Waals surface area contributed by atoms with Crippen molar-refractivity contribution in [3.8, 4) is 0 Å². The molecule has 2 aliphatic heterocycles. The normalized spacial score (nSPS) is 29.4. The average Bonchev–Trinajstić information content (AvgIpc) is 3.03. The summed E-state index contributed by atoms with van der Waals surface area (Å²) in [7, 11) is 0. The van der Waals surface area contributed by atoms with Crippen LogP contribution in [0.3, 0.4) is 0 Å². The fourth-order valence-corrected chi connectivity index (χ4v) is 4.45. The van der Waals surface area contributed by atoms with Gasteiger partial charge in [0.15, 0.2) is 0 Å². The number of hydrogen-bond acceptors (Lipinski definition) is 4. The van der Waals surface area contributed by atoms with Crippen molar-refractivity contribution >= 4 is 27.3 Å². The van der Waals surface area contributed by atoms with E-state index in [9.17, 15) is 0 Å². The number of rotatable bonds is 4. The summed E-state index contributed by atoms with van der Waals surface area (Å²) in [4.78, 5) is 3.98. The summed E-state index contributed by atoms with van der Waals surface area (Å²) < 4.78 is 7.15. The second kappa shape index (κ2) is 6.22. The second-order valence-corrected chi connectivity index (χ2v) is 7.40. The molecular formula is C14H21BrN2OS. The SMILES string of the molecule is CC(NCC1CN2CCCC2CO1)c1cc(Br)cs1. The first-order valence-electron chi connectivity index (χ1n) is 7.05. The van der Waals surface area contributed by atoms with Crippen LogP contribution in [0.25, 0.3) is 0 Å². The number of hydrogen-bond donors (Lipinski definition) is 1. The lowest BCUT2D eigenvalue weighted by molar-refractivity contribution is -0.0477. The highest BCUT2D eigenvalue weighted by atomic mass is 79.9. The third-order valence-electron chi connectivity index (χ3n) is 4.13. The van der Waals surface area contributed by atoms with Crippen LogP contribution < -0.4 is 5.32 Å². The van der Waals surface area contributed by atoms with Crippen LogP contribution in [0.4, 0.5) is 0 Å². The van der Waals surface area contributed by atoms with E-state index in [4.69, 9.17) is 4.74 Å². The van der Waals surface area contributed by atoms with Gasteiger partial charge in [0, 0.05) is 39.9 Å². The fraction of sp³-hybridized carbons (Fsp3) is 0.714. The van der Waals surface area contributed by atoms with Crippen molar-refractivity contribution in [1.29, 1.82) is 0 Å². The smallest absolute Gasteiger partial charge is 0.0827 e. The van der Waals surface area contributed by atoms with Gasteiger partial charge in [0.2, 0.25) is 0 Å². The predicted octanol–water partition coefficient (Wildman–Crippen LogP) is 3.02. The minimum absolute atomic E-state index is 0.347. The van der Waals surface area contributed by atoms with Gasteiger partial charge < -0.3 is 10.1 Å². The highest BCUT2D eigenvalue weighted by Crippen LogP contribution is 2.26. The summed E-state index contributed by atoms with van der Waals surface area (Å²) in [6.07, 6.45) is 3.01. The predicted molar refractivity (Wildman–Crippen MR) is 82.8 cm³/mol. The minimum atomic E-state index is 0.347. The highest BCUT2D eigenvalue weighted by Gasteiger charge is 2.32. The zero-order valence-corrected chi connectivity index (χ0v) is 13.7. The molecule has 1 aromatic heterocycles. The van der Waals surface area contributed by atoms with E-state index in [1.54, 1.807) is 11.3 Å². The summed E-state index contributed by atoms with van der Waals surface area (Å²) in [6, 6.07) is 3.29. The van der Waals surface area contributed by atoms with Gasteiger partial charge in [-0.25, -0.2) is 0 Å². The van der Waals surface area contributed by atoms with Crippen LogP contribution in [-0.4, -0.2) is 43.3 Å². The zero-order chi connectivity index (χ0) is 13.2. The van der Waals surface area contributed by atoms with Crippen LogP contribution in [-0.2, 0) is 4.74 Å². The van der Waals surface area contributed by atoms with Crippen LogP contribution in [0.15, 0.2) is 15.9 Å². The Labute approximate surface area is 127 Å². The Balaban J connectivity index is 1.47. The third-order valence-corrected chi connectivity index (χ3v) is 6.00. The lowest BCUT2D eigenvalue weighted by atomic mass is 10.2. The maximum Gasteiger partial charge on any atom is 0.0827 e. The molecule has 0 aliphatic carbocycles. The largest absolute Gasteiger partial charge is 0.374 e. The van der Waals surface area contributed by atoms with Gasteiger partial charge in [-0.2, -0.15) is 0 Å². The molecule has 1 N–H and O–H groups in total. The summed E-state index contributed by atoms with van der Waals surface area (Å²) in [5, 5.41) is 5.74. The van der Waals surface area contributed by atoms with Crippen LogP contribution in [0.5, 0.6) is 0 Å². The van der Waals surface area contributed by atoms with E-state index in [1.807, 2.05) is 0 Å². The standard InChI is InChI=1S/C14H21BrN2OS/c1-10(14-5-11(15)9-19-14)16-6-13-7-17-4-2-3-12(17)8-18-13/h5,9-10,12-13,16H,2-4,6-8H2,1H3. The van der Waals surface area contributed by atoms with Crippen molar-refractivity contribution in [3.05, 3.63) is 20.8 Å². The Morgan fingerprint density at radius 3 is 3.32 bits per heavy atom. The Kier molecular flexibility index (Phi) is 4.59. The Bertz CT molecular complexity index is 425. The molecule has 3 heterocycles. The molecule has 2 aliphatic rings. The van der Waals surface area contributed by atoms with Crippen molar-refractivity contribution in [1.82, 2.24) is 10.2 Å². The number of nitrogens with zero attached hydrogens (tertiary/aromatic N) is 1. The molecule has 0 bridgehead atoms. The molecular weight excluding hydrogens is 324 g/mol. The fourth-order valence-electron chi connectivity index (χ4n) is 2.97. The Morgan fingerprint density at radius 1 is 1.63 bits per heavy atom. The van der Waals surface area contributed by atoms with Crippen LogP contribution in [0.2, 0.25) is 0 Å². The average molecular weight is 345 g/mol. The van der Waals surface area contributed by atoms with E-state index in [2.05, 4.69) is 44.5 Å². The van der Waals surface area contributed by atoms with E-state index in [0.29, 0.717) is 18.2 Å². The molecule has 3 nitrogen and oxygen atoms in total. The molecule has 106 valence electrons. The van der Waals surface area contributed by atoms with Gasteiger partial charge in [-0.05, 0) is 48.3 Å². The van der Waals surface area contributed by atoms with Crippen LogP contribution in [0.1, 0.15) is 30.7 Å². The van der Waals surface area contributed by atoms with Crippen molar-refractivity contribution in [2.24, 2.45) is 0 Å². The van der Waals surface area contributed by atoms with Gasteiger partial charge in [0.1, 0.15) is 0 Å². The maximum absolute atomic E-state index is 5.97. The number of halogens is 1. The molecule has 5 heteroatoms. The molecule has 3 rings (SSSR count). The van der Waals surface area contributed by atoms with E-state index in [1.165, 1.54) is 28.7 Å². The molecule has 2 saturated heterocycles.